The van der Waals surface area contributed by atoms with Gasteiger partial charge in [0.05, 0.1) is 6.04 Å². The molecule has 0 aromatic rings. The van der Waals surface area contributed by atoms with Crippen molar-refractivity contribution in [2.45, 2.75) is 39.3 Å². The maximum Gasteiger partial charge on any atom is 0.326 e. The summed E-state index contributed by atoms with van der Waals surface area (Å²) in [6.07, 6.45) is 0.377. The molecule has 0 bridgehead atoms. The molecule has 5 nitrogen and oxygen atoms in total. The lowest BCUT2D eigenvalue weighted by Gasteiger charge is -2.27. The van der Waals surface area contributed by atoms with E-state index in [1.165, 1.54) is 11.9 Å². The first-order valence-corrected chi connectivity index (χ1v) is 5.07. The summed E-state index contributed by atoms with van der Waals surface area (Å²) in [6.45, 7) is 5.39. The van der Waals surface area contributed by atoms with Gasteiger partial charge < -0.3 is 15.7 Å². The first kappa shape index (κ1) is 13.9. The number of nitrogens with two attached hydrogens (primary N) is 1. The molecule has 2 atom stereocenters. The van der Waals surface area contributed by atoms with E-state index in [4.69, 9.17) is 10.8 Å². The van der Waals surface area contributed by atoms with Crippen molar-refractivity contribution in [1.82, 2.24) is 4.90 Å². The van der Waals surface area contributed by atoms with Gasteiger partial charge in [0.1, 0.15) is 6.04 Å². The Hall–Kier alpha value is -1.10. The van der Waals surface area contributed by atoms with Crippen LogP contribution in [-0.2, 0) is 9.59 Å². The van der Waals surface area contributed by atoms with Gasteiger partial charge in [-0.25, -0.2) is 4.79 Å². The second kappa shape index (κ2) is 5.70. The third kappa shape index (κ3) is 3.51. The monoisotopic (exact) mass is 216 g/mol. The van der Waals surface area contributed by atoms with Gasteiger partial charge in [0.25, 0.3) is 0 Å². The first-order chi connectivity index (χ1) is 6.82. The van der Waals surface area contributed by atoms with Crippen molar-refractivity contribution in [3.63, 3.8) is 0 Å². The highest BCUT2D eigenvalue weighted by Crippen LogP contribution is 2.08. The lowest BCUT2D eigenvalue weighted by Crippen LogP contribution is -2.50. The molecule has 0 saturated carbocycles. The Kier molecular flexibility index (Phi) is 5.28. The summed E-state index contributed by atoms with van der Waals surface area (Å²) in [5, 5.41) is 8.88. The van der Waals surface area contributed by atoms with Crippen LogP contribution in [0.15, 0.2) is 0 Å². The van der Waals surface area contributed by atoms with E-state index in [1.54, 1.807) is 6.92 Å². The largest absolute Gasteiger partial charge is 0.480 e. The van der Waals surface area contributed by atoms with Crippen LogP contribution < -0.4 is 5.73 Å². The summed E-state index contributed by atoms with van der Waals surface area (Å²) in [5.74, 6) is -1.31. The molecule has 0 aliphatic heterocycles. The Morgan fingerprint density at radius 1 is 1.40 bits per heavy atom. The Morgan fingerprint density at radius 3 is 2.13 bits per heavy atom. The zero-order chi connectivity index (χ0) is 12.2. The molecule has 88 valence electrons. The van der Waals surface area contributed by atoms with Crippen LogP contribution in [-0.4, -0.2) is 41.0 Å². The van der Waals surface area contributed by atoms with E-state index in [-0.39, 0.29) is 11.8 Å². The number of amides is 1. The highest BCUT2D eigenvalue weighted by Gasteiger charge is 2.29. The number of carboxylic acids is 1. The van der Waals surface area contributed by atoms with Gasteiger partial charge in [-0.2, -0.15) is 0 Å². The molecule has 0 spiro atoms. The molecule has 0 saturated heterocycles. The van der Waals surface area contributed by atoms with Gasteiger partial charge in [0.15, 0.2) is 0 Å². The number of carbonyl (C=O) groups excluding carboxylic acids is 1. The van der Waals surface area contributed by atoms with E-state index in [2.05, 4.69) is 0 Å². The van der Waals surface area contributed by atoms with Crippen LogP contribution >= 0.6 is 0 Å². The van der Waals surface area contributed by atoms with Gasteiger partial charge in [-0.3, -0.25) is 4.79 Å². The number of rotatable bonds is 5. The van der Waals surface area contributed by atoms with Crippen LogP contribution in [0.1, 0.15) is 27.2 Å². The zero-order valence-electron chi connectivity index (χ0n) is 9.73. The molecule has 1 amide bonds. The van der Waals surface area contributed by atoms with Crippen LogP contribution in [0.4, 0.5) is 0 Å². The summed E-state index contributed by atoms with van der Waals surface area (Å²) in [7, 11) is 1.48. The molecule has 0 aliphatic carbocycles. The van der Waals surface area contributed by atoms with E-state index in [9.17, 15) is 9.59 Å². The Bertz CT molecular complexity index is 241. The summed E-state index contributed by atoms with van der Waals surface area (Å²) < 4.78 is 0. The molecular weight excluding hydrogens is 196 g/mol. The van der Waals surface area contributed by atoms with Crippen molar-refractivity contribution in [3.8, 4) is 0 Å². The molecule has 0 heterocycles. The third-order valence-corrected chi connectivity index (χ3v) is 2.49. The lowest BCUT2D eigenvalue weighted by atomic mass is 10.0. The second-order valence-corrected chi connectivity index (χ2v) is 3.98. The van der Waals surface area contributed by atoms with Crippen LogP contribution in [0.5, 0.6) is 0 Å². The number of aliphatic carboxylic acids is 1. The van der Waals surface area contributed by atoms with Crippen LogP contribution in [0.3, 0.4) is 0 Å². The summed E-state index contributed by atoms with van der Waals surface area (Å²) in [6, 6.07) is -1.43. The molecule has 0 aromatic heterocycles. The summed E-state index contributed by atoms with van der Waals surface area (Å²) >= 11 is 0. The van der Waals surface area contributed by atoms with E-state index >= 15 is 0 Å². The quantitative estimate of drug-likeness (QED) is 0.692. The fraction of sp³-hybridized carbons (Fsp3) is 0.800. The van der Waals surface area contributed by atoms with Crippen molar-refractivity contribution in [2.24, 2.45) is 11.7 Å². The minimum atomic E-state index is -0.996. The predicted octanol–water partition coefficient (Wildman–Crippen LogP) is 0.291. The van der Waals surface area contributed by atoms with Gasteiger partial charge in [-0.05, 0) is 12.3 Å². The maximum atomic E-state index is 11.7. The van der Waals surface area contributed by atoms with Crippen molar-refractivity contribution in [1.29, 1.82) is 0 Å². The summed E-state index contributed by atoms with van der Waals surface area (Å²) in [4.78, 5) is 23.8. The average Bonchev–Trinajstić information content (AvgIpc) is 2.15. The molecule has 0 radical (unpaired) electrons. The molecule has 0 aliphatic rings. The zero-order valence-corrected chi connectivity index (χ0v) is 9.73. The molecule has 1 unspecified atom stereocenters. The highest BCUT2D eigenvalue weighted by atomic mass is 16.4. The third-order valence-electron chi connectivity index (χ3n) is 2.49. The number of nitrogens with zero attached hydrogens (tertiary/aromatic N) is 1. The average molecular weight is 216 g/mol. The fourth-order valence-electron chi connectivity index (χ4n) is 1.29. The Morgan fingerprint density at radius 2 is 1.87 bits per heavy atom. The van der Waals surface area contributed by atoms with Gasteiger partial charge in [0, 0.05) is 7.05 Å². The van der Waals surface area contributed by atoms with Gasteiger partial charge in [0.2, 0.25) is 5.91 Å². The van der Waals surface area contributed by atoms with Gasteiger partial charge >= 0.3 is 5.97 Å². The number of hydrogen-bond acceptors (Lipinski definition) is 3. The summed E-state index contributed by atoms with van der Waals surface area (Å²) in [5.41, 5.74) is 5.67. The van der Waals surface area contributed by atoms with Crippen molar-refractivity contribution < 1.29 is 14.7 Å². The van der Waals surface area contributed by atoms with Crippen molar-refractivity contribution in [3.05, 3.63) is 0 Å². The van der Waals surface area contributed by atoms with E-state index < -0.39 is 18.1 Å². The topological polar surface area (TPSA) is 83.6 Å². The van der Waals surface area contributed by atoms with E-state index in [0.29, 0.717) is 6.42 Å². The predicted molar refractivity (Wildman–Crippen MR) is 57.3 cm³/mol. The number of carboxylic acid groups (broad SMARTS) is 1. The van der Waals surface area contributed by atoms with Crippen LogP contribution in [0, 0.1) is 5.92 Å². The number of carbonyl (C=O) groups is 2. The Labute approximate surface area is 90.2 Å². The first-order valence-electron chi connectivity index (χ1n) is 5.07. The fourth-order valence-corrected chi connectivity index (χ4v) is 1.29. The molecular formula is C10H20N2O3. The van der Waals surface area contributed by atoms with Crippen LogP contribution in [0.25, 0.3) is 0 Å². The van der Waals surface area contributed by atoms with Crippen LogP contribution in [0.2, 0.25) is 0 Å². The number of likely N-dealkylation sites (N-methyl/N-ethyl adjacent to an activating group) is 1. The second-order valence-electron chi connectivity index (χ2n) is 3.98. The minimum absolute atomic E-state index is 0.00579. The molecule has 15 heavy (non-hydrogen) atoms. The SMILES string of the molecule is CCC(C(=O)O)N(C)C(=O)[C@@H](N)C(C)C. The number of hydrogen-bond donors (Lipinski definition) is 2. The van der Waals surface area contributed by atoms with Crippen molar-refractivity contribution >= 4 is 11.9 Å². The molecule has 3 N–H and O–H groups in total. The molecule has 0 fully saturated rings. The van der Waals surface area contributed by atoms with Gasteiger partial charge in [-0.15, -0.1) is 0 Å². The molecule has 5 heteroatoms. The minimum Gasteiger partial charge on any atom is -0.480 e. The normalized spacial score (nSPS) is 14.8. The van der Waals surface area contributed by atoms with Crippen molar-refractivity contribution in [2.75, 3.05) is 7.05 Å². The smallest absolute Gasteiger partial charge is 0.326 e. The molecule has 0 rings (SSSR count). The standard InChI is InChI=1S/C10H20N2O3/c1-5-7(10(14)15)12(4)9(13)8(11)6(2)3/h6-8H,5,11H2,1-4H3,(H,14,15)/t7?,8-/m0/s1. The van der Waals surface area contributed by atoms with Gasteiger partial charge in [-0.1, -0.05) is 20.8 Å². The van der Waals surface area contributed by atoms with E-state index in [1.807, 2.05) is 13.8 Å². The Balaban J connectivity index is 4.61. The maximum absolute atomic E-state index is 11.7. The lowest BCUT2D eigenvalue weighted by molar-refractivity contribution is -0.150. The molecule has 0 aromatic carbocycles. The van der Waals surface area contributed by atoms with E-state index in [0.717, 1.165) is 0 Å². The highest BCUT2D eigenvalue weighted by molar-refractivity contribution is 5.86.